The summed E-state index contributed by atoms with van der Waals surface area (Å²) >= 11 is 0. The van der Waals surface area contributed by atoms with Gasteiger partial charge in [-0.15, -0.1) is 0 Å². The van der Waals surface area contributed by atoms with E-state index in [1.165, 1.54) is 25.3 Å². The Balaban J connectivity index is 1.58. The normalized spacial score (nSPS) is 14.2. The number of hydrogen-bond acceptors (Lipinski definition) is 6. The van der Waals surface area contributed by atoms with Crippen molar-refractivity contribution in [2.45, 2.75) is 57.9 Å². The number of benzene rings is 2. The van der Waals surface area contributed by atoms with Gasteiger partial charge in [0.1, 0.15) is 11.5 Å². The number of aryl methyl sites for hydroxylation is 2. The van der Waals surface area contributed by atoms with Crippen molar-refractivity contribution in [3.8, 4) is 5.75 Å². The third-order valence-electron chi connectivity index (χ3n) is 7.26. The Morgan fingerprint density at radius 1 is 1.00 bits per heavy atom. The molecule has 0 fully saturated rings. The lowest BCUT2D eigenvalue weighted by atomic mass is 10.00. The van der Waals surface area contributed by atoms with Crippen molar-refractivity contribution in [2.24, 2.45) is 0 Å². The van der Waals surface area contributed by atoms with Gasteiger partial charge in [-0.25, -0.2) is 8.42 Å². The van der Waals surface area contributed by atoms with E-state index in [2.05, 4.69) is 30.1 Å². The summed E-state index contributed by atoms with van der Waals surface area (Å²) in [6.45, 7) is 8.17. The van der Waals surface area contributed by atoms with E-state index in [0.29, 0.717) is 30.0 Å². The third kappa shape index (κ3) is 7.21. The van der Waals surface area contributed by atoms with Gasteiger partial charge in [-0.1, -0.05) is 18.2 Å². The van der Waals surface area contributed by atoms with Crippen LogP contribution in [0.1, 0.15) is 47.6 Å². The summed E-state index contributed by atoms with van der Waals surface area (Å²) in [5.41, 5.74) is 4.92. The smallest absolute Gasteiger partial charge is 0.243 e. The predicted octanol–water partition coefficient (Wildman–Crippen LogP) is 3.36. The van der Waals surface area contributed by atoms with Gasteiger partial charge in [0.05, 0.1) is 18.6 Å². The van der Waals surface area contributed by atoms with Gasteiger partial charge >= 0.3 is 0 Å². The van der Waals surface area contributed by atoms with E-state index in [9.17, 15) is 18.0 Å². The molecular formula is C29H41N3O5S. The van der Waals surface area contributed by atoms with Crippen LogP contribution in [0.3, 0.4) is 0 Å². The van der Waals surface area contributed by atoms with E-state index in [-0.39, 0.29) is 36.0 Å². The standard InChI is InChI=1S/C29H41N3O5S/c1-7-32(19-23-8-9-24-12-14-30(4)15-13-25(24)18-23)28(34)11-10-26(33)20-31(5)38(35,36)29-21(2)16-27(37-6)17-22(29)3/h8-9,16-18H,7,10-15,19-20H2,1-6H3. The van der Waals surface area contributed by atoms with Gasteiger partial charge in [-0.3, -0.25) is 9.59 Å². The van der Waals surface area contributed by atoms with Gasteiger partial charge in [0, 0.05) is 46.1 Å². The molecule has 8 nitrogen and oxygen atoms in total. The van der Waals surface area contributed by atoms with E-state index in [0.717, 1.165) is 35.8 Å². The van der Waals surface area contributed by atoms with Gasteiger partial charge in [0.2, 0.25) is 15.9 Å². The molecule has 2 aromatic rings. The molecule has 0 spiro atoms. The molecule has 0 saturated carbocycles. The van der Waals surface area contributed by atoms with E-state index in [1.807, 2.05) is 6.92 Å². The Hall–Kier alpha value is -2.75. The number of Topliss-reactive ketones (excluding diaryl/α,β-unsaturated/α-hetero) is 1. The third-order valence-corrected chi connectivity index (χ3v) is 9.37. The fourth-order valence-electron chi connectivity index (χ4n) is 4.99. The predicted molar refractivity (Wildman–Crippen MR) is 149 cm³/mol. The molecule has 0 N–H and O–H groups in total. The highest BCUT2D eigenvalue weighted by molar-refractivity contribution is 7.89. The number of carbonyl (C=O) groups is 2. The molecule has 9 heteroatoms. The molecular weight excluding hydrogens is 502 g/mol. The maximum absolute atomic E-state index is 13.2. The molecule has 0 aliphatic carbocycles. The van der Waals surface area contributed by atoms with E-state index >= 15 is 0 Å². The minimum absolute atomic E-state index is 0.00765. The van der Waals surface area contributed by atoms with Crippen LogP contribution in [0.25, 0.3) is 0 Å². The first kappa shape index (κ1) is 29.8. The maximum Gasteiger partial charge on any atom is 0.243 e. The lowest BCUT2D eigenvalue weighted by Crippen LogP contribution is -2.34. The number of methoxy groups -OCH3 is 1. The molecule has 0 saturated heterocycles. The highest BCUT2D eigenvalue weighted by atomic mass is 32.2. The van der Waals surface area contributed by atoms with Gasteiger partial charge in [0.25, 0.3) is 0 Å². The number of rotatable bonds is 11. The monoisotopic (exact) mass is 543 g/mol. The molecule has 1 aliphatic heterocycles. The van der Waals surface area contributed by atoms with Crippen molar-refractivity contribution in [1.29, 1.82) is 0 Å². The van der Waals surface area contributed by atoms with E-state index < -0.39 is 10.0 Å². The fourth-order valence-corrected chi connectivity index (χ4v) is 6.55. The Morgan fingerprint density at radius 3 is 2.24 bits per heavy atom. The van der Waals surface area contributed by atoms with Crippen LogP contribution in [-0.2, 0) is 39.0 Å². The minimum atomic E-state index is -3.88. The summed E-state index contributed by atoms with van der Waals surface area (Å²) in [7, 11) is 1.19. The Labute approximate surface area is 227 Å². The molecule has 0 aromatic heterocycles. The number of amides is 1. The summed E-state index contributed by atoms with van der Waals surface area (Å²) < 4.78 is 32.7. The summed E-state index contributed by atoms with van der Waals surface area (Å²) in [4.78, 5) is 29.9. The van der Waals surface area contributed by atoms with Crippen LogP contribution in [0.4, 0.5) is 0 Å². The number of sulfonamides is 1. The van der Waals surface area contributed by atoms with Crippen LogP contribution in [0.15, 0.2) is 35.2 Å². The molecule has 0 atom stereocenters. The molecule has 0 bridgehead atoms. The number of hydrogen-bond donors (Lipinski definition) is 0. The molecule has 3 rings (SSSR count). The van der Waals surface area contributed by atoms with Crippen LogP contribution in [0.2, 0.25) is 0 Å². The molecule has 0 radical (unpaired) electrons. The molecule has 38 heavy (non-hydrogen) atoms. The fraction of sp³-hybridized carbons (Fsp3) is 0.517. The summed E-state index contributed by atoms with van der Waals surface area (Å²) in [5, 5.41) is 0. The minimum Gasteiger partial charge on any atom is -0.497 e. The number of ether oxygens (including phenoxy) is 1. The zero-order chi connectivity index (χ0) is 28.0. The molecule has 1 heterocycles. The summed E-state index contributed by atoms with van der Waals surface area (Å²) in [6.07, 6.45) is 2.08. The zero-order valence-electron chi connectivity index (χ0n) is 23.5. The van der Waals surface area contributed by atoms with Crippen molar-refractivity contribution in [3.05, 3.63) is 58.1 Å². The first-order chi connectivity index (χ1) is 18.0. The molecule has 2 aromatic carbocycles. The second-order valence-electron chi connectivity index (χ2n) is 10.2. The zero-order valence-corrected chi connectivity index (χ0v) is 24.4. The van der Waals surface area contributed by atoms with Crippen molar-refractivity contribution < 1.29 is 22.7 Å². The summed E-state index contributed by atoms with van der Waals surface area (Å²) in [6, 6.07) is 9.80. The Bertz CT molecular complexity index is 1250. The Kier molecular flexibility index (Phi) is 10.1. The summed E-state index contributed by atoms with van der Waals surface area (Å²) in [5.74, 6) is 0.177. The van der Waals surface area contributed by atoms with Gasteiger partial charge in [-0.2, -0.15) is 4.31 Å². The van der Waals surface area contributed by atoms with Crippen LogP contribution >= 0.6 is 0 Å². The van der Waals surface area contributed by atoms with Crippen molar-refractivity contribution in [3.63, 3.8) is 0 Å². The topological polar surface area (TPSA) is 87.2 Å². The lowest BCUT2D eigenvalue weighted by Gasteiger charge is -2.22. The van der Waals surface area contributed by atoms with Crippen molar-refractivity contribution in [1.82, 2.24) is 14.1 Å². The van der Waals surface area contributed by atoms with Crippen LogP contribution in [0.5, 0.6) is 5.75 Å². The molecule has 1 aliphatic rings. The average molecular weight is 544 g/mol. The van der Waals surface area contributed by atoms with Crippen molar-refractivity contribution in [2.75, 3.05) is 47.4 Å². The highest BCUT2D eigenvalue weighted by Crippen LogP contribution is 2.28. The maximum atomic E-state index is 13.2. The largest absolute Gasteiger partial charge is 0.497 e. The van der Waals surface area contributed by atoms with E-state index in [4.69, 9.17) is 4.74 Å². The average Bonchev–Trinajstić information content (AvgIpc) is 3.06. The highest BCUT2D eigenvalue weighted by Gasteiger charge is 2.27. The van der Waals surface area contributed by atoms with E-state index in [1.54, 1.807) is 30.9 Å². The van der Waals surface area contributed by atoms with Gasteiger partial charge in [0.15, 0.2) is 0 Å². The lowest BCUT2D eigenvalue weighted by molar-refractivity contribution is -0.133. The number of fused-ring (bicyclic) bond motifs is 1. The van der Waals surface area contributed by atoms with Crippen molar-refractivity contribution >= 4 is 21.7 Å². The second-order valence-corrected chi connectivity index (χ2v) is 12.2. The number of ketones is 1. The van der Waals surface area contributed by atoms with Gasteiger partial charge in [-0.05, 0) is 80.6 Å². The first-order valence-electron chi connectivity index (χ1n) is 13.2. The van der Waals surface area contributed by atoms with Crippen LogP contribution < -0.4 is 4.74 Å². The second kappa shape index (κ2) is 12.9. The SMILES string of the molecule is CCN(Cc1ccc2c(c1)CCN(C)CC2)C(=O)CCC(=O)CN(C)S(=O)(=O)c1c(C)cc(OC)cc1C. The quantitative estimate of drug-likeness (QED) is 0.432. The van der Waals surface area contributed by atoms with Crippen LogP contribution in [0, 0.1) is 13.8 Å². The van der Waals surface area contributed by atoms with Crippen LogP contribution in [-0.4, -0.2) is 81.6 Å². The molecule has 1 amide bonds. The molecule has 0 unspecified atom stereocenters. The number of carbonyl (C=O) groups excluding carboxylic acids is 2. The molecule has 208 valence electrons. The Morgan fingerprint density at radius 2 is 1.63 bits per heavy atom. The number of likely N-dealkylation sites (N-methyl/N-ethyl adjacent to an activating group) is 2. The number of nitrogens with zero attached hydrogens (tertiary/aromatic N) is 3. The van der Waals surface area contributed by atoms with Gasteiger partial charge < -0.3 is 14.5 Å². The first-order valence-corrected chi connectivity index (χ1v) is 14.6.